The van der Waals surface area contributed by atoms with E-state index < -0.39 is 21.7 Å². The Kier molecular flexibility index (Phi) is 5.64. The van der Waals surface area contributed by atoms with Gasteiger partial charge in [-0.3, -0.25) is 4.79 Å². The molecule has 0 saturated carbocycles. The first-order valence-electron chi connectivity index (χ1n) is 9.00. The van der Waals surface area contributed by atoms with Crippen molar-refractivity contribution in [2.75, 3.05) is 31.2 Å². The van der Waals surface area contributed by atoms with Crippen LogP contribution in [-0.4, -0.2) is 73.3 Å². The molecule has 0 aliphatic carbocycles. The number of sulfone groups is 1. The van der Waals surface area contributed by atoms with Crippen molar-refractivity contribution in [2.45, 2.75) is 36.2 Å². The molecule has 4 N–H and O–H groups in total. The molecule has 0 spiro atoms. The molecule has 3 rings (SSSR count). The summed E-state index contributed by atoms with van der Waals surface area (Å²) in [5, 5.41) is 14.6. The molecule has 2 aliphatic heterocycles. The van der Waals surface area contributed by atoms with E-state index in [1.165, 1.54) is 12.1 Å². The number of hydrogen-bond acceptors (Lipinski definition) is 6. The fourth-order valence-corrected chi connectivity index (χ4v) is 4.33. The second-order valence-electron chi connectivity index (χ2n) is 7.11. The molecule has 2 aliphatic rings. The number of guanidine groups is 1. The number of carbonyl (C=O) groups excluding carboxylic acids is 1. The molecule has 9 nitrogen and oxygen atoms in total. The van der Waals surface area contributed by atoms with Gasteiger partial charge in [-0.2, -0.15) is 0 Å². The molecule has 2 fully saturated rings. The number of nitrogens with two attached hydrogens (primary N) is 1. The van der Waals surface area contributed by atoms with E-state index in [0.717, 1.165) is 12.3 Å². The highest BCUT2D eigenvalue weighted by atomic mass is 32.2. The van der Waals surface area contributed by atoms with E-state index in [-0.39, 0.29) is 28.5 Å². The minimum absolute atomic E-state index is 0.0551. The number of amides is 1. The normalized spacial score (nSPS) is 22.0. The standard InChI is InChI=1S/C17H24FN5O4S/c1-28(26,27)12-2-3-14(13(18)10-12)20-15-6-9-23(16(15)24)11-4-7-22(8-5-11)17(19)21-25/h2-3,10-11,15,20,25H,4-9H2,1H3,(H2,19,21)/t15-/m0/s1. The number of likely N-dealkylation sites (tertiary alicyclic amines) is 2. The molecule has 1 amide bonds. The van der Waals surface area contributed by atoms with Crippen molar-refractivity contribution in [1.29, 1.82) is 0 Å². The van der Waals surface area contributed by atoms with Gasteiger partial charge < -0.3 is 26.1 Å². The average molecular weight is 413 g/mol. The molecule has 154 valence electrons. The van der Waals surface area contributed by atoms with E-state index in [0.29, 0.717) is 38.9 Å². The minimum Gasteiger partial charge on any atom is -0.408 e. The first-order valence-corrected chi connectivity index (χ1v) is 10.9. The molecule has 2 heterocycles. The molecule has 28 heavy (non-hydrogen) atoms. The fourth-order valence-electron chi connectivity index (χ4n) is 3.70. The van der Waals surface area contributed by atoms with E-state index in [4.69, 9.17) is 10.9 Å². The van der Waals surface area contributed by atoms with Crippen LogP contribution in [0.3, 0.4) is 0 Å². The molecule has 11 heteroatoms. The van der Waals surface area contributed by atoms with Gasteiger partial charge in [0.25, 0.3) is 0 Å². The zero-order chi connectivity index (χ0) is 20.5. The summed E-state index contributed by atoms with van der Waals surface area (Å²) >= 11 is 0. The first kappa shape index (κ1) is 20.2. The highest BCUT2D eigenvalue weighted by Crippen LogP contribution is 2.26. The molecule has 2 saturated heterocycles. The van der Waals surface area contributed by atoms with Crippen molar-refractivity contribution in [3.63, 3.8) is 0 Å². The number of halogens is 1. The van der Waals surface area contributed by atoms with Crippen molar-refractivity contribution in [2.24, 2.45) is 10.9 Å². The topological polar surface area (TPSA) is 128 Å². The molecule has 1 aromatic rings. The number of hydrogen-bond donors (Lipinski definition) is 3. The van der Waals surface area contributed by atoms with E-state index in [1.54, 1.807) is 9.80 Å². The Bertz CT molecular complexity index is 884. The highest BCUT2D eigenvalue weighted by molar-refractivity contribution is 7.90. The largest absolute Gasteiger partial charge is 0.408 e. The Morgan fingerprint density at radius 3 is 2.54 bits per heavy atom. The number of oxime groups is 1. The Labute approximate surface area is 162 Å². The summed E-state index contributed by atoms with van der Waals surface area (Å²) in [6.45, 7) is 1.74. The van der Waals surface area contributed by atoms with Crippen LogP contribution in [-0.2, 0) is 14.6 Å². The molecular formula is C17H24FN5O4S. The number of nitrogens with one attached hydrogen (secondary N) is 1. The quantitative estimate of drug-likeness (QED) is 0.282. The van der Waals surface area contributed by atoms with Crippen LogP contribution in [0.5, 0.6) is 0 Å². The number of anilines is 1. The minimum atomic E-state index is -3.50. The maximum Gasteiger partial charge on any atom is 0.245 e. The zero-order valence-electron chi connectivity index (χ0n) is 15.5. The van der Waals surface area contributed by atoms with Gasteiger partial charge in [-0.1, -0.05) is 5.16 Å². The zero-order valence-corrected chi connectivity index (χ0v) is 16.3. The summed E-state index contributed by atoms with van der Waals surface area (Å²) < 4.78 is 37.3. The molecular weight excluding hydrogens is 389 g/mol. The van der Waals surface area contributed by atoms with Gasteiger partial charge in [0, 0.05) is 31.9 Å². The van der Waals surface area contributed by atoms with Crippen LogP contribution in [0, 0.1) is 5.82 Å². The smallest absolute Gasteiger partial charge is 0.245 e. The Hall–Kier alpha value is -2.56. The lowest BCUT2D eigenvalue weighted by Gasteiger charge is -2.36. The second kappa shape index (κ2) is 7.82. The molecule has 1 atom stereocenters. The predicted octanol–water partition coefficient (Wildman–Crippen LogP) is 0.410. The second-order valence-corrected chi connectivity index (χ2v) is 9.12. The Morgan fingerprint density at radius 1 is 1.29 bits per heavy atom. The summed E-state index contributed by atoms with van der Waals surface area (Å²) in [5.74, 6) is -0.742. The van der Waals surface area contributed by atoms with Crippen LogP contribution in [0.15, 0.2) is 28.3 Å². The van der Waals surface area contributed by atoms with Gasteiger partial charge in [-0.25, -0.2) is 12.8 Å². The van der Waals surface area contributed by atoms with Crippen LogP contribution in [0.25, 0.3) is 0 Å². The fraction of sp³-hybridized carbons (Fsp3) is 0.529. The van der Waals surface area contributed by atoms with Crippen molar-refractivity contribution in [3.8, 4) is 0 Å². The van der Waals surface area contributed by atoms with Gasteiger partial charge in [-0.15, -0.1) is 0 Å². The molecule has 1 aromatic carbocycles. The lowest BCUT2D eigenvalue weighted by atomic mass is 10.0. The first-order chi connectivity index (χ1) is 13.2. The predicted molar refractivity (Wildman–Crippen MR) is 101 cm³/mol. The van der Waals surface area contributed by atoms with E-state index in [9.17, 15) is 17.6 Å². The van der Waals surface area contributed by atoms with Gasteiger partial charge in [-0.05, 0) is 37.5 Å². The number of rotatable bonds is 4. The maximum absolute atomic E-state index is 14.3. The molecule has 0 unspecified atom stereocenters. The van der Waals surface area contributed by atoms with Gasteiger partial charge in [0.15, 0.2) is 9.84 Å². The summed E-state index contributed by atoms with van der Waals surface area (Å²) in [6.07, 6.45) is 2.95. The molecule has 0 bridgehead atoms. The lowest BCUT2D eigenvalue weighted by molar-refractivity contribution is -0.131. The van der Waals surface area contributed by atoms with E-state index in [2.05, 4.69) is 10.5 Å². The van der Waals surface area contributed by atoms with Gasteiger partial charge >= 0.3 is 0 Å². The van der Waals surface area contributed by atoms with E-state index >= 15 is 0 Å². The van der Waals surface area contributed by atoms with Crippen molar-refractivity contribution < 1.29 is 22.8 Å². The van der Waals surface area contributed by atoms with Gasteiger partial charge in [0.1, 0.15) is 11.9 Å². The van der Waals surface area contributed by atoms with Crippen LogP contribution < -0.4 is 11.1 Å². The van der Waals surface area contributed by atoms with Crippen molar-refractivity contribution in [3.05, 3.63) is 24.0 Å². The molecule has 0 aromatic heterocycles. The van der Waals surface area contributed by atoms with Crippen LogP contribution >= 0.6 is 0 Å². The Balaban J connectivity index is 1.62. The van der Waals surface area contributed by atoms with Crippen LogP contribution in [0.1, 0.15) is 19.3 Å². The SMILES string of the molecule is CS(=O)(=O)c1ccc(N[C@H]2CCN(C3CCN(C(N)=NO)CC3)C2=O)c(F)c1. The van der Waals surface area contributed by atoms with Crippen molar-refractivity contribution >= 4 is 27.4 Å². The van der Waals surface area contributed by atoms with E-state index in [1.807, 2.05) is 0 Å². The number of nitrogens with zero attached hydrogens (tertiary/aromatic N) is 3. The third kappa shape index (κ3) is 4.13. The monoisotopic (exact) mass is 413 g/mol. The van der Waals surface area contributed by atoms with Gasteiger partial charge in [0.2, 0.25) is 11.9 Å². The summed E-state index contributed by atoms with van der Waals surface area (Å²) in [6, 6.07) is 3.12. The van der Waals surface area contributed by atoms with Crippen LogP contribution in [0.2, 0.25) is 0 Å². The van der Waals surface area contributed by atoms with Crippen LogP contribution in [0.4, 0.5) is 10.1 Å². The highest BCUT2D eigenvalue weighted by Gasteiger charge is 2.37. The summed E-state index contributed by atoms with van der Waals surface area (Å²) in [4.78, 5) is 16.2. The number of piperidine rings is 1. The number of benzene rings is 1. The Morgan fingerprint density at radius 2 is 1.96 bits per heavy atom. The number of carbonyl (C=O) groups is 1. The third-order valence-electron chi connectivity index (χ3n) is 5.27. The summed E-state index contributed by atoms with van der Waals surface area (Å²) in [7, 11) is -3.50. The lowest BCUT2D eigenvalue weighted by Crippen LogP contribution is -2.50. The van der Waals surface area contributed by atoms with Crippen molar-refractivity contribution in [1.82, 2.24) is 9.80 Å². The third-order valence-corrected chi connectivity index (χ3v) is 6.38. The maximum atomic E-state index is 14.3. The van der Waals surface area contributed by atoms with Gasteiger partial charge in [0.05, 0.1) is 10.6 Å². The average Bonchev–Trinajstić information content (AvgIpc) is 3.02. The molecule has 0 radical (unpaired) electrons. The summed E-state index contributed by atoms with van der Waals surface area (Å²) in [5.41, 5.74) is 5.70.